The Morgan fingerprint density at radius 2 is 1.65 bits per heavy atom. The molecular formula is C36H46N2O10S. The maximum Gasteiger partial charge on any atom is 0.340 e. The zero-order valence-electron chi connectivity index (χ0n) is 28.5. The Balaban J connectivity index is 1.22. The number of sulfone groups is 1. The Bertz CT molecular complexity index is 1750. The van der Waals surface area contributed by atoms with Gasteiger partial charge in [-0.05, 0) is 75.4 Å². The van der Waals surface area contributed by atoms with Gasteiger partial charge in [0.25, 0.3) is 5.91 Å². The van der Waals surface area contributed by atoms with Gasteiger partial charge in [0.05, 0.1) is 45.6 Å². The predicted octanol–water partition coefficient (Wildman–Crippen LogP) is 2.72. The minimum atomic E-state index is -3.43. The second-order valence-electron chi connectivity index (χ2n) is 14.7. The fourth-order valence-corrected chi connectivity index (χ4v) is 11.4. The van der Waals surface area contributed by atoms with Crippen LogP contribution in [0.3, 0.4) is 0 Å². The van der Waals surface area contributed by atoms with E-state index in [0.29, 0.717) is 25.7 Å². The summed E-state index contributed by atoms with van der Waals surface area (Å²) in [5.41, 5.74) is -4.28. The fraction of sp³-hybridized carbons (Fsp3) is 0.611. The smallest absolute Gasteiger partial charge is 0.340 e. The molecule has 2 aromatic carbocycles. The van der Waals surface area contributed by atoms with E-state index >= 15 is 0 Å². The van der Waals surface area contributed by atoms with Crippen molar-refractivity contribution in [2.24, 2.45) is 17.8 Å². The van der Waals surface area contributed by atoms with Crippen molar-refractivity contribution in [1.29, 1.82) is 0 Å². The third-order valence-electron chi connectivity index (χ3n) is 12.8. The van der Waals surface area contributed by atoms with Crippen LogP contribution in [0.25, 0.3) is 0 Å². The van der Waals surface area contributed by atoms with E-state index < -0.39 is 56.1 Å². The molecule has 1 amide bonds. The third-order valence-corrected chi connectivity index (χ3v) is 13.9. The second kappa shape index (κ2) is 11.8. The number of aliphatic hydroxyl groups is 2. The Morgan fingerprint density at radius 3 is 2.31 bits per heavy atom. The van der Waals surface area contributed by atoms with Crippen molar-refractivity contribution in [2.75, 3.05) is 32.9 Å². The first-order valence-electron chi connectivity index (χ1n) is 16.9. The maximum atomic E-state index is 14.3. The monoisotopic (exact) mass is 698 g/mol. The van der Waals surface area contributed by atoms with Gasteiger partial charge < -0.3 is 39.8 Å². The van der Waals surface area contributed by atoms with Crippen LogP contribution in [0, 0.1) is 17.8 Å². The number of carbonyl (C=O) groups is 2. The number of rotatable bonds is 8. The normalized spacial score (nSPS) is 40.7. The molecule has 5 fully saturated rings. The van der Waals surface area contributed by atoms with E-state index in [-0.39, 0.29) is 64.6 Å². The molecule has 11 atom stereocenters. The molecule has 12 nitrogen and oxygen atoms in total. The van der Waals surface area contributed by atoms with Crippen LogP contribution in [0.2, 0.25) is 0 Å². The van der Waals surface area contributed by atoms with Gasteiger partial charge in [0, 0.05) is 63.4 Å². The highest BCUT2D eigenvalue weighted by Crippen LogP contribution is 2.68. The number of amides is 1. The lowest BCUT2D eigenvalue weighted by atomic mass is 9.57. The summed E-state index contributed by atoms with van der Waals surface area (Å²) in [5, 5.41) is 31.8. The van der Waals surface area contributed by atoms with Gasteiger partial charge in [0.2, 0.25) is 0 Å². The van der Waals surface area contributed by atoms with E-state index in [9.17, 15) is 28.2 Å². The van der Waals surface area contributed by atoms with E-state index in [1.165, 1.54) is 24.3 Å². The Morgan fingerprint density at radius 1 is 0.939 bits per heavy atom. The molecule has 0 aromatic heterocycles. The van der Waals surface area contributed by atoms with Crippen molar-refractivity contribution in [2.45, 2.75) is 97.0 Å². The van der Waals surface area contributed by atoms with Crippen molar-refractivity contribution in [3.8, 4) is 0 Å². The van der Waals surface area contributed by atoms with Crippen LogP contribution in [-0.2, 0) is 28.8 Å². The molecule has 5 aliphatic rings. The van der Waals surface area contributed by atoms with E-state index in [2.05, 4.69) is 10.6 Å². The zero-order chi connectivity index (χ0) is 35.1. The first-order valence-corrected chi connectivity index (χ1v) is 18.8. The SMILES string of the molecule is COC1C[C@]2(O)CCC3C4(N[C@@H](C)[C@]3(OC(=O)c3ccccc3NC(=O)c3ccc(S(C)(=O)=O)cc3)CC[C@@H]4OC)C3CC1[C@H](OC)[C@@]32O. The molecule has 1 saturated heterocycles. The molecule has 2 aromatic rings. The van der Waals surface area contributed by atoms with Crippen LogP contribution in [0.5, 0.6) is 0 Å². The summed E-state index contributed by atoms with van der Waals surface area (Å²) in [6.07, 6.45) is 2.41. The Labute approximate surface area is 286 Å². The second-order valence-corrected chi connectivity index (χ2v) is 16.8. The zero-order valence-corrected chi connectivity index (χ0v) is 29.3. The summed E-state index contributed by atoms with van der Waals surface area (Å²) >= 11 is 0. The molecule has 266 valence electrons. The first-order chi connectivity index (χ1) is 23.2. The summed E-state index contributed by atoms with van der Waals surface area (Å²) in [7, 11) is 1.45. The summed E-state index contributed by atoms with van der Waals surface area (Å²) in [6.45, 7) is 2.00. The highest BCUT2D eigenvalue weighted by Gasteiger charge is 2.81. The van der Waals surface area contributed by atoms with Crippen molar-refractivity contribution < 1.29 is 47.2 Å². The van der Waals surface area contributed by atoms with Crippen LogP contribution < -0.4 is 10.6 Å². The molecule has 49 heavy (non-hydrogen) atoms. The average molecular weight is 699 g/mol. The number of methoxy groups -OCH3 is 3. The molecule has 0 spiro atoms. The number of carbonyl (C=O) groups excluding carboxylic acids is 2. The summed E-state index contributed by atoms with van der Waals surface area (Å²) in [4.78, 5) is 27.6. The molecule has 4 saturated carbocycles. The fourth-order valence-electron chi connectivity index (χ4n) is 10.8. The Kier molecular flexibility index (Phi) is 8.34. The summed E-state index contributed by atoms with van der Waals surface area (Å²) in [5.74, 6) is -2.06. The standard InChI is InChI=1S/C36H46N2O10S/c1-20-34(48-32(40)23-8-6-7-9-25(23)37-31(39)21-10-12-22(13-11-21)49(5,43)44)17-15-29(46-3)35(38-20)27(34)14-16-33(41)19-26(45-2)24-18-28(35)36(33,42)30(24)47-4/h6-13,20,24,26-30,38,41-42H,14-19H2,1-5H3,(H,37,39)/t20-,24?,26?,27?,28?,29-,30-,33+,34+,35?,36-/m0/s1. The van der Waals surface area contributed by atoms with Crippen LogP contribution >= 0.6 is 0 Å². The van der Waals surface area contributed by atoms with Gasteiger partial charge in [-0.2, -0.15) is 0 Å². The van der Waals surface area contributed by atoms with Gasteiger partial charge in [0.15, 0.2) is 9.84 Å². The largest absolute Gasteiger partial charge is 0.453 e. The number of hydrogen-bond donors (Lipinski definition) is 4. The molecule has 13 heteroatoms. The molecule has 0 radical (unpaired) electrons. The number of nitrogens with one attached hydrogen (secondary N) is 2. The van der Waals surface area contributed by atoms with Gasteiger partial charge in [-0.1, -0.05) is 12.1 Å². The third kappa shape index (κ3) is 4.80. The van der Waals surface area contributed by atoms with Gasteiger partial charge in [0.1, 0.15) is 11.2 Å². The van der Waals surface area contributed by atoms with Gasteiger partial charge in [-0.25, -0.2) is 13.2 Å². The predicted molar refractivity (Wildman–Crippen MR) is 178 cm³/mol. The lowest BCUT2D eigenvalue weighted by Crippen LogP contribution is -2.73. The van der Waals surface area contributed by atoms with E-state index in [1.54, 1.807) is 45.6 Å². The number of para-hydroxylation sites is 1. The molecule has 7 rings (SSSR count). The number of hydrogen-bond acceptors (Lipinski definition) is 11. The minimum Gasteiger partial charge on any atom is -0.453 e. The highest BCUT2D eigenvalue weighted by atomic mass is 32.2. The molecule has 5 unspecified atom stereocenters. The van der Waals surface area contributed by atoms with Crippen LogP contribution in [0.1, 0.15) is 66.2 Å². The van der Waals surface area contributed by atoms with Crippen molar-refractivity contribution in [1.82, 2.24) is 5.32 Å². The van der Waals surface area contributed by atoms with Crippen molar-refractivity contribution in [3.63, 3.8) is 0 Å². The van der Waals surface area contributed by atoms with Gasteiger partial charge in [-0.15, -0.1) is 0 Å². The lowest BCUT2D eigenvalue weighted by Gasteiger charge is -2.56. The molecule has 4 bridgehead atoms. The van der Waals surface area contributed by atoms with E-state index in [1.807, 2.05) is 6.92 Å². The van der Waals surface area contributed by atoms with Crippen molar-refractivity contribution >= 4 is 27.4 Å². The maximum absolute atomic E-state index is 14.3. The number of ether oxygens (including phenoxy) is 4. The molecule has 4 N–H and O–H groups in total. The van der Waals surface area contributed by atoms with Crippen LogP contribution in [-0.4, -0.2) is 105 Å². The number of benzene rings is 2. The molecule has 4 aliphatic carbocycles. The number of anilines is 1. The summed E-state index contributed by atoms with van der Waals surface area (Å²) < 4.78 is 48.5. The van der Waals surface area contributed by atoms with Crippen LogP contribution in [0.15, 0.2) is 53.4 Å². The highest BCUT2D eigenvalue weighted by molar-refractivity contribution is 7.90. The first kappa shape index (κ1) is 34.5. The number of esters is 1. The average Bonchev–Trinajstić information content (AvgIpc) is 3.39. The molecule has 1 aliphatic heterocycles. The topological polar surface area (TPSA) is 170 Å². The van der Waals surface area contributed by atoms with Gasteiger partial charge >= 0.3 is 5.97 Å². The van der Waals surface area contributed by atoms with Gasteiger partial charge in [-0.3, -0.25) is 4.79 Å². The van der Waals surface area contributed by atoms with E-state index in [4.69, 9.17) is 18.9 Å². The molecule has 1 heterocycles. The van der Waals surface area contributed by atoms with Crippen LogP contribution in [0.4, 0.5) is 5.69 Å². The number of fused-ring (bicyclic) bond motifs is 1. The molecular weight excluding hydrogens is 652 g/mol. The Hall–Kier alpha value is -2.91. The van der Waals surface area contributed by atoms with Crippen molar-refractivity contribution in [3.05, 3.63) is 59.7 Å². The minimum absolute atomic E-state index is 0.0941. The summed E-state index contributed by atoms with van der Waals surface area (Å²) in [6, 6.07) is 11.9. The quantitative estimate of drug-likeness (QED) is 0.299. The lowest BCUT2D eigenvalue weighted by molar-refractivity contribution is -0.264. The van der Waals surface area contributed by atoms with E-state index in [0.717, 1.165) is 6.26 Å².